The lowest BCUT2D eigenvalue weighted by Crippen LogP contribution is -2.26. The molecule has 1 aromatic heterocycles. The van der Waals surface area contributed by atoms with E-state index in [1.54, 1.807) is 12.3 Å². The SMILES string of the molecule is CCCNC(c1ccc(F)cc1C)c1cnnn1CCC. The summed E-state index contributed by atoms with van der Waals surface area (Å²) in [6, 6.07) is 4.93. The van der Waals surface area contributed by atoms with Gasteiger partial charge in [-0.3, -0.25) is 0 Å². The second-order valence-electron chi connectivity index (χ2n) is 5.27. The van der Waals surface area contributed by atoms with Gasteiger partial charge in [-0.05, 0) is 49.6 Å². The van der Waals surface area contributed by atoms with Crippen molar-refractivity contribution in [2.24, 2.45) is 0 Å². The molecule has 1 atom stereocenters. The highest BCUT2D eigenvalue weighted by Gasteiger charge is 2.20. The molecule has 0 aliphatic heterocycles. The number of rotatable bonds is 7. The minimum atomic E-state index is -0.203. The van der Waals surface area contributed by atoms with Gasteiger partial charge in [-0.1, -0.05) is 25.1 Å². The number of aryl methyl sites for hydroxylation is 2. The Morgan fingerprint density at radius 2 is 2.10 bits per heavy atom. The van der Waals surface area contributed by atoms with Gasteiger partial charge in [0.25, 0.3) is 0 Å². The number of nitrogens with zero attached hydrogens (tertiary/aromatic N) is 3. The van der Waals surface area contributed by atoms with Crippen molar-refractivity contribution in [2.45, 2.75) is 46.2 Å². The number of nitrogens with one attached hydrogen (secondary N) is 1. The van der Waals surface area contributed by atoms with Crippen LogP contribution in [0, 0.1) is 12.7 Å². The number of hydrogen-bond donors (Lipinski definition) is 1. The van der Waals surface area contributed by atoms with E-state index in [-0.39, 0.29) is 11.9 Å². The van der Waals surface area contributed by atoms with Crippen molar-refractivity contribution in [3.63, 3.8) is 0 Å². The summed E-state index contributed by atoms with van der Waals surface area (Å²) in [4.78, 5) is 0. The van der Waals surface area contributed by atoms with Gasteiger partial charge in [0.2, 0.25) is 0 Å². The van der Waals surface area contributed by atoms with Crippen LogP contribution in [0.5, 0.6) is 0 Å². The van der Waals surface area contributed by atoms with Gasteiger partial charge in [0.1, 0.15) is 5.82 Å². The predicted octanol–water partition coefficient (Wildman–Crippen LogP) is 3.22. The van der Waals surface area contributed by atoms with Crippen LogP contribution < -0.4 is 5.32 Å². The summed E-state index contributed by atoms with van der Waals surface area (Å²) in [7, 11) is 0. The Bertz CT molecular complexity index is 579. The fourth-order valence-electron chi connectivity index (χ4n) is 2.50. The summed E-state index contributed by atoms with van der Waals surface area (Å²) in [6.45, 7) is 7.90. The molecule has 1 aromatic carbocycles. The molecular formula is C16H23FN4. The molecule has 0 fully saturated rings. The minimum Gasteiger partial charge on any atom is -0.305 e. The molecule has 0 saturated heterocycles. The summed E-state index contributed by atoms with van der Waals surface area (Å²) in [5, 5.41) is 11.7. The molecule has 2 aromatic rings. The van der Waals surface area contributed by atoms with Crippen molar-refractivity contribution < 1.29 is 4.39 Å². The van der Waals surface area contributed by atoms with Crippen molar-refractivity contribution in [1.82, 2.24) is 20.3 Å². The van der Waals surface area contributed by atoms with Crippen LogP contribution in [0.15, 0.2) is 24.4 Å². The second kappa shape index (κ2) is 7.31. The quantitative estimate of drug-likeness (QED) is 0.851. The minimum absolute atomic E-state index is 0.00731. The Morgan fingerprint density at radius 3 is 2.76 bits per heavy atom. The molecule has 0 spiro atoms. The summed E-state index contributed by atoms with van der Waals surface area (Å²) in [5.41, 5.74) is 3.04. The average Bonchev–Trinajstić information content (AvgIpc) is 2.90. The van der Waals surface area contributed by atoms with E-state index in [4.69, 9.17) is 0 Å². The van der Waals surface area contributed by atoms with E-state index in [9.17, 15) is 4.39 Å². The normalized spacial score (nSPS) is 12.6. The first kappa shape index (κ1) is 15.6. The molecule has 1 heterocycles. The lowest BCUT2D eigenvalue weighted by molar-refractivity contribution is 0.502. The molecule has 21 heavy (non-hydrogen) atoms. The Morgan fingerprint density at radius 1 is 1.29 bits per heavy atom. The maximum absolute atomic E-state index is 13.4. The predicted molar refractivity (Wildman–Crippen MR) is 81.6 cm³/mol. The molecule has 0 saturated carbocycles. The summed E-state index contributed by atoms with van der Waals surface area (Å²) in [6.07, 6.45) is 3.83. The third kappa shape index (κ3) is 3.67. The van der Waals surface area contributed by atoms with E-state index < -0.39 is 0 Å². The molecule has 5 heteroatoms. The Hall–Kier alpha value is -1.75. The summed E-state index contributed by atoms with van der Waals surface area (Å²) in [5.74, 6) is -0.203. The van der Waals surface area contributed by atoms with Gasteiger partial charge in [0.05, 0.1) is 17.9 Å². The van der Waals surface area contributed by atoms with Crippen LogP contribution >= 0.6 is 0 Å². The van der Waals surface area contributed by atoms with Crippen molar-refractivity contribution in [3.8, 4) is 0 Å². The smallest absolute Gasteiger partial charge is 0.123 e. The molecule has 1 unspecified atom stereocenters. The Kier molecular flexibility index (Phi) is 5.44. The largest absolute Gasteiger partial charge is 0.305 e. The van der Waals surface area contributed by atoms with E-state index >= 15 is 0 Å². The van der Waals surface area contributed by atoms with E-state index in [1.165, 1.54) is 6.07 Å². The number of halogens is 1. The van der Waals surface area contributed by atoms with Crippen LogP contribution in [0.25, 0.3) is 0 Å². The first-order valence-electron chi connectivity index (χ1n) is 7.55. The van der Waals surface area contributed by atoms with Crippen molar-refractivity contribution in [3.05, 3.63) is 47.0 Å². The molecular weight excluding hydrogens is 267 g/mol. The molecule has 0 aliphatic carbocycles. The topological polar surface area (TPSA) is 42.7 Å². The standard InChI is InChI=1S/C16H23FN4/c1-4-8-18-16(14-7-6-13(17)10-12(14)3)15-11-19-20-21(15)9-5-2/h6-7,10-11,16,18H,4-5,8-9H2,1-3H3. The van der Waals surface area contributed by atoms with Crippen LogP contribution in [0.3, 0.4) is 0 Å². The maximum atomic E-state index is 13.4. The summed E-state index contributed by atoms with van der Waals surface area (Å²) >= 11 is 0. The zero-order chi connectivity index (χ0) is 15.2. The van der Waals surface area contributed by atoms with E-state index in [2.05, 4.69) is 29.5 Å². The van der Waals surface area contributed by atoms with E-state index in [0.717, 1.165) is 42.8 Å². The van der Waals surface area contributed by atoms with Crippen LogP contribution in [0.4, 0.5) is 4.39 Å². The highest BCUT2D eigenvalue weighted by molar-refractivity contribution is 5.34. The first-order valence-corrected chi connectivity index (χ1v) is 7.55. The molecule has 0 radical (unpaired) electrons. The summed E-state index contributed by atoms with van der Waals surface area (Å²) < 4.78 is 15.3. The van der Waals surface area contributed by atoms with Crippen LogP contribution in [-0.4, -0.2) is 21.5 Å². The third-order valence-electron chi connectivity index (χ3n) is 3.52. The fourth-order valence-corrected chi connectivity index (χ4v) is 2.50. The van der Waals surface area contributed by atoms with Crippen molar-refractivity contribution in [1.29, 1.82) is 0 Å². The lowest BCUT2D eigenvalue weighted by Gasteiger charge is -2.21. The number of aromatic nitrogens is 3. The Labute approximate surface area is 125 Å². The number of hydrogen-bond acceptors (Lipinski definition) is 3. The van der Waals surface area contributed by atoms with Gasteiger partial charge in [-0.2, -0.15) is 0 Å². The second-order valence-corrected chi connectivity index (χ2v) is 5.27. The molecule has 1 N–H and O–H groups in total. The average molecular weight is 290 g/mol. The Balaban J connectivity index is 2.39. The van der Waals surface area contributed by atoms with Crippen LogP contribution in [0.1, 0.15) is 49.6 Å². The van der Waals surface area contributed by atoms with Gasteiger partial charge in [0, 0.05) is 6.54 Å². The first-order chi connectivity index (χ1) is 10.2. The molecule has 0 bridgehead atoms. The highest BCUT2D eigenvalue weighted by Crippen LogP contribution is 2.25. The zero-order valence-corrected chi connectivity index (χ0v) is 12.9. The molecule has 0 amide bonds. The van der Waals surface area contributed by atoms with E-state index in [1.807, 2.05) is 17.7 Å². The van der Waals surface area contributed by atoms with Gasteiger partial charge in [-0.25, -0.2) is 9.07 Å². The van der Waals surface area contributed by atoms with Gasteiger partial charge >= 0.3 is 0 Å². The van der Waals surface area contributed by atoms with Gasteiger partial charge < -0.3 is 5.32 Å². The van der Waals surface area contributed by atoms with Crippen molar-refractivity contribution in [2.75, 3.05) is 6.54 Å². The van der Waals surface area contributed by atoms with Gasteiger partial charge in [-0.15, -0.1) is 5.10 Å². The molecule has 114 valence electrons. The molecule has 4 nitrogen and oxygen atoms in total. The highest BCUT2D eigenvalue weighted by atomic mass is 19.1. The number of benzene rings is 1. The fraction of sp³-hybridized carbons (Fsp3) is 0.500. The lowest BCUT2D eigenvalue weighted by atomic mass is 9.98. The van der Waals surface area contributed by atoms with Crippen LogP contribution in [0.2, 0.25) is 0 Å². The van der Waals surface area contributed by atoms with Crippen molar-refractivity contribution >= 4 is 0 Å². The third-order valence-corrected chi connectivity index (χ3v) is 3.52. The zero-order valence-electron chi connectivity index (χ0n) is 12.9. The molecule has 2 rings (SSSR count). The molecule has 0 aliphatic rings. The van der Waals surface area contributed by atoms with Crippen LogP contribution in [-0.2, 0) is 6.54 Å². The maximum Gasteiger partial charge on any atom is 0.123 e. The van der Waals surface area contributed by atoms with E-state index in [0.29, 0.717) is 0 Å². The van der Waals surface area contributed by atoms with Gasteiger partial charge in [0.15, 0.2) is 0 Å². The monoisotopic (exact) mass is 290 g/mol.